The van der Waals surface area contributed by atoms with Crippen LogP contribution in [0.5, 0.6) is 0 Å². The largest absolute Gasteiger partial charge is 0.479 e. The minimum absolute atomic E-state index is 0.0486. The summed E-state index contributed by atoms with van der Waals surface area (Å²) in [7, 11) is 0. The molecular formula is C30H37NO9. The quantitative estimate of drug-likeness (QED) is 0.273. The second-order valence-corrected chi connectivity index (χ2v) is 10.9. The SMILES string of the molecule is O=C(O)C(O)C(O)C(=O)O.O=C(OCC1C2CN(Cc3ccccc3)CC12)C(O)(c1ccccc1)C1CCCC1. The lowest BCUT2D eigenvalue weighted by Gasteiger charge is -2.32. The minimum Gasteiger partial charge on any atom is -0.479 e. The predicted octanol–water partition coefficient (Wildman–Crippen LogP) is 1.86. The summed E-state index contributed by atoms with van der Waals surface area (Å²) in [4.78, 5) is 35.2. The first-order chi connectivity index (χ1) is 19.1. The molecule has 2 aromatic rings. The number of ether oxygens (including phenoxy) is 1. The molecule has 0 amide bonds. The molecule has 10 nitrogen and oxygen atoms in total. The van der Waals surface area contributed by atoms with E-state index in [1.807, 2.05) is 30.3 Å². The van der Waals surface area contributed by atoms with E-state index in [4.69, 9.17) is 25.2 Å². The number of likely N-dealkylation sites (tertiary alicyclic amines) is 1. The van der Waals surface area contributed by atoms with Gasteiger partial charge in [0.2, 0.25) is 0 Å². The van der Waals surface area contributed by atoms with Gasteiger partial charge in [0.15, 0.2) is 17.8 Å². The van der Waals surface area contributed by atoms with Crippen molar-refractivity contribution in [3.8, 4) is 0 Å². The van der Waals surface area contributed by atoms with E-state index in [1.165, 1.54) is 5.56 Å². The van der Waals surface area contributed by atoms with Crippen LogP contribution < -0.4 is 0 Å². The Hall–Kier alpha value is -3.31. The van der Waals surface area contributed by atoms with Crippen LogP contribution in [0.4, 0.5) is 0 Å². The highest BCUT2D eigenvalue weighted by atomic mass is 16.6. The Labute approximate surface area is 232 Å². The van der Waals surface area contributed by atoms with E-state index in [9.17, 15) is 19.5 Å². The number of carboxylic acids is 2. The topological polar surface area (TPSA) is 165 Å². The molecule has 3 aliphatic rings. The lowest BCUT2D eigenvalue weighted by Crippen LogP contribution is -2.43. The van der Waals surface area contributed by atoms with Crippen molar-refractivity contribution in [2.75, 3.05) is 19.7 Å². The summed E-state index contributed by atoms with van der Waals surface area (Å²) >= 11 is 0. The minimum atomic E-state index is -2.27. The summed E-state index contributed by atoms with van der Waals surface area (Å²) in [5.74, 6) is -2.34. The number of carboxylic acid groups (broad SMARTS) is 2. The van der Waals surface area contributed by atoms with Gasteiger partial charge in [-0.2, -0.15) is 0 Å². The normalized spacial score (nSPS) is 25.0. The summed E-state index contributed by atoms with van der Waals surface area (Å²) < 4.78 is 5.78. The van der Waals surface area contributed by atoms with Crippen molar-refractivity contribution in [1.29, 1.82) is 0 Å². The van der Waals surface area contributed by atoms with Crippen LogP contribution in [-0.4, -0.2) is 80.2 Å². The van der Waals surface area contributed by atoms with Crippen molar-refractivity contribution in [3.63, 3.8) is 0 Å². The van der Waals surface area contributed by atoms with E-state index in [-0.39, 0.29) is 5.92 Å². The molecule has 3 fully saturated rings. The summed E-state index contributed by atoms with van der Waals surface area (Å²) in [6.45, 7) is 3.59. The molecule has 0 aromatic heterocycles. The molecule has 5 rings (SSSR count). The van der Waals surface area contributed by atoms with Crippen LogP contribution in [0.15, 0.2) is 60.7 Å². The molecule has 40 heavy (non-hydrogen) atoms. The maximum atomic E-state index is 13.1. The number of aliphatic carboxylic acids is 2. The Morgan fingerprint density at radius 1 is 0.850 bits per heavy atom. The first kappa shape index (κ1) is 29.7. The van der Waals surface area contributed by atoms with Gasteiger partial charge in [0.25, 0.3) is 0 Å². The average Bonchev–Trinajstić information content (AvgIpc) is 3.32. The molecule has 5 unspecified atom stereocenters. The molecule has 216 valence electrons. The third-order valence-corrected chi connectivity index (χ3v) is 8.38. The van der Waals surface area contributed by atoms with Gasteiger partial charge in [-0.1, -0.05) is 73.5 Å². The highest BCUT2D eigenvalue weighted by Gasteiger charge is 2.56. The molecular weight excluding hydrogens is 518 g/mol. The molecule has 2 aromatic carbocycles. The van der Waals surface area contributed by atoms with Crippen LogP contribution >= 0.6 is 0 Å². The molecule has 2 aliphatic carbocycles. The zero-order valence-electron chi connectivity index (χ0n) is 22.2. The van der Waals surface area contributed by atoms with Crippen molar-refractivity contribution in [3.05, 3.63) is 71.8 Å². The average molecular weight is 556 g/mol. The van der Waals surface area contributed by atoms with Crippen molar-refractivity contribution in [2.45, 2.75) is 50.0 Å². The molecule has 5 N–H and O–H groups in total. The van der Waals surface area contributed by atoms with E-state index in [0.717, 1.165) is 45.3 Å². The van der Waals surface area contributed by atoms with E-state index >= 15 is 0 Å². The summed E-state index contributed by atoms with van der Waals surface area (Å²) in [5.41, 5.74) is 0.513. The van der Waals surface area contributed by atoms with Crippen molar-refractivity contribution >= 4 is 17.9 Å². The van der Waals surface area contributed by atoms with Gasteiger partial charge in [-0.05, 0) is 35.8 Å². The van der Waals surface area contributed by atoms with Crippen molar-refractivity contribution in [1.82, 2.24) is 4.90 Å². The number of hydrogen-bond donors (Lipinski definition) is 5. The first-order valence-electron chi connectivity index (χ1n) is 13.7. The summed E-state index contributed by atoms with van der Waals surface area (Å²) in [6, 6.07) is 20.0. The van der Waals surface area contributed by atoms with Gasteiger partial charge in [-0.25, -0.2) is 14.4 Å². The number of aliphatic hydroxyl groups is 3. The Morgan fingerprint density at radius 3 is 1.85 bits per heavy atom. The van der Waals surface area contributed by atoms with E-state index in [1.54, 1.807) is 0 Å². The fourth-order valence-corrected chi connectivity index (χ4v) is 6.06. The third kappa shape index (κ3) is 6.69. The van der Waals surface area contributed by atoms with Gasteiger partial charge in [0.05, 0.1) is 6.61 Å². The fourth-order valence-electron chi connectivity index (χ4n) is 6.06. The third-order valence-electron chi connectivity index (χ3n) is 8.38. The standard InChI is InChI=1S/C26H31NO3.C4H6O6/c28-25(26(29,21-13-7-8-14-21)20-11-5-2-6-12-20)30-18-24-22-16-27(17-23(22)24)15-19-9-3-1-4-10-19;5-1(3(7)8)2(6)4(9)10/h1-6,9-12,21-24,29H,7-8,13-18H2;1-2,5-6H,(H,7,8)(H,9,10). The monoisotopic (exact) mass is 555 g/mol. The maximum Gasteiger partial charge on any atom is 0.343 e. The summed E-state index contributed by atoms with van der Waals surface area (Å²) in [6.07, 6.45) is -0.642. The Morgan fingerprint density at radius 2 is 1.35 bits per heavy atom. The van der Waals surface area contributed by atoms with Crippen LogP contribution in [0.2, 0.25) is 0 Å². The number of esters is 1. The molecule has 0 spiro atoms. The van der Waals surface area contributed by atoms with Gasteiger partial charge in [0.1, 0.15) is 0 Å². The lowest BCUT2D eigenvalue weighted by molar-refractivity contribution is -0.174. The molecule has 0 bridgehead atoms. The highest BCUT2D eigenvalue weighted by Crippen LogP contribution is 2.52. The van der Waals surface area contributed by atoms with Gasteiger partial charge >= 0.3 is 17.9 Å². The molecule has 1 aliphatic heterocycles. The fraction of sp³-hybridized carbons (Fsp3) is 0.500. The number of fused-ring (bicyclic) bond motifs is 1. The van der Waals surface area contributed by atoms with Crippen LogP contribution in [0.25, 0.3) is 0 Å². The molecule has 1 heterocycles. The zero-order valence-corrected chi connectivity index (χ0v) is 22.2. The number of rotatable bonds is 10. The predicted molar refractivity (Wildman–Crippen MR) is 143 cm³/mol. The molecule has 10 heteroatoms. The Bertz CT molecular complexity index is 1120. The van der Waals surface area contributed by atoms with Crippen LogP contribution in [0.1, 0.15) is 36.8 Å². The number of carbonyl (C=O) groups excluding carboxylic acids is 1. The number of aliphatic hydroxyl groups excluding tert-OH is 2. The van der Waals surface area contributed by atoms with Crippen molar-refractivity contribution < 1.29 is 44.7 Å². The smallest absolute Gasteiger partial charge is 0.343 e. The van der Waals surface area contributed by atoms with E-state index < -0.39 is 35.7 Å². The number of hydrogen-bond acceptors (Lipinski definition) is 8. The lowest BCUT2D eigenvalue weighted by atomic mass is 9.80. The van der Waals surface area contributed by atoms with Crippen LogP contribution in [0.3, 0.4) is 0 Å². The highest BCUT2D eigenvalue weighted by molar-refractivity contribution is 5.83. The number of carbonyl (C=O) groups is 3. The molecule has 0 radical (unpaired) electrons. The van der Waals surface area contributed by atoms with Gasteiger partial charge in [-0.15, -0.1) is 0 Å². The molecule has 1 saturated heterocycles. The van der Waals surface area contributed by atoms with Gasteiger partial charge < -0.3 is 30.3 Å². The van der Waals surface area contributed by atoms with E-state index in [0.29, 0.717) is 29.9 Å². The number of benzene rings is 2. The maximum absolute atomic E-state index is 13.1. The second kappa shape index (κ2) is 12.9. The van der Waals surface area contributed by atoms with Crippen molar-refractivity contribution in [2.24, 2.45) is 23.7 Å². The molecule has 2 saturated carbocycles. The van der Waals surface area contributed by atoms with Gasteiger partial charge in [0, 0.05) is 31.5 Å². The number of nitrogens with zero attached hydrogens (tertiary/aromatic N) is 1. The first-order valence-corrected chi connectivity index (χ1v) is 13.7. The Balaban J connectivity index is 0.000000318. The zero-order chi connectivity index (χ0) is 28.9. The van der Waals surface area contributed by atoms with E-state index in [2.05, 4.69) is 35.2 Å². The van der Waals surface area contributed by atoms with Crippen LogP contribution in [0, 0.1) is 23.7 Å². The van der Waals surface area contributed by atoms with Gasteiger partial charge in [-0.3, -0.25) is 4.90 Å². The summed E-state index contributed by atoms with van der Waals surface area (Å²) in [5, 5.41) is 44.0. The van der Waals surface area contributed by atoms with Crippen LogP contribution in [-0.2, 0) is 31.3 Å². The Kier molecular flexibility index (Phi) is 9.57. The molecule has 5 atom stereocenters. The second-order valence-electron chi connectivity index (χ2n) is 10.9. The number of piperidine rings is 1.